The van der Waals surface area contributed by atoms with Crippen LogP contribution in [0.3, 0.4) is 0 Å². The summed E-state index contributed by atoms with van der Waals surface area (Å²) in [5.74, 6) is 0.0831. The van der Waals surface area contributed by atoms with Crippen LogP contribution in [-0.2, 0) is 16.0 Å². The summed E-state index contributed by atoms with van der Waals surface area (Å²) < 4.78 is 16.2. The summed E-state index contributed by atoms with van der Waals surface area (Å²) in [6.45, 7) is 2.80. The zero-order valence-electron chi connectivity index (χ0n) is 16.5. The van der Waals surface area contributed by atoms with E-state index in [2.05, 4.69) is 4.90 Å². The lowest BCUT2D eigenvalue weighted by molar-refractivity contribution is 0.110. The molecule has 0 bridgehead atoms. The van der Waals surface area contributed by atoms with E-state index in [1.165, 1.54) is 12.3 Å². The molecule has 0 fully saturated rings. The molecule has 0 radical (unpaired) electrons. The molecule has 3 aromatic rings. The normalized spacial score (nSPS) is 11.4. The number of benzene rings is 2. The molecule has 29 heavy (non-hydrogen) atoms. The molecule has 0 saturated heterocycles. The molecule has 3 rings (SSSR count). The highest BCUT2D eigenvalue weighted by Gasteiger charge is 2.17. The SMILES string of the molecule is COCCN(CCOC)Cc1c(O)ccc2c(=O)c(-c3ccc(Cl)cc3)coc12. The van der Waals surface area contributed by atoms with E-state index in [1.54, 1.807) is 44.6 Å². The Labute approximate surface area is 174 Å². The fraction of sp³-hybridized carbons (Fsp3) is 0.318. The molecule has 154 valence electrons. The number of hydrogen-bond donors (Lipinski definition) is 1. The van der Waals surface area contributed by atoms with Gasteiger partial charge in [0.1, 0.15) is 17.6 Å². The summed E-state index contributed by atoms with van der Waals surface area (Å²) in [5.41, 5.74) is 1.96. The van der Waals surface area contributed by atoms with Gasteiger partial charge in [0.2, 0.25) is 5.43 Å². The zero-order valence-corrected chi connectivity index (χ0v) is 17.2. The van der Waals surface area contributed by atoms with E-state index in [9.17, 15) is 9.90 Å². The summed E-state index contributed by atoms with van der Waals surface area (Å²) in [5, 5.41) is 11.5. The molecule has 1 N–H and O–H groups in total. The third kappa shape index (κ3) is 4.97. The fourth-order valence-corrected chi connectivity index (χ4v) is 3.29. The summed E-state index contributed by atoms with van der Waals surface area (Å²) >= 11 is 5.94. The van der Waals surface area contributed by atoms with Gasteiger partial charge in [-0.15, -0.1) is 0 Å². The number of methoxy groups -OCH3 is 2. The van der Waals surface area contributed by atoms with Crippen LogP contribution in [0.4, 0.5) is 0 Å². The van der Waals surface area contributed by atoms with Crippen LogP contribution in [0, 0.1) is 0 Å². The van der Waals surface area contributed by atoms with Crippen molar-refractivity contribution in [3.8, 4) is 16.9 Å². The maximum absolute atomic E-state index is 13.1. The molecular weight excluding hydrogens is 394 g/mol. The van der Waals surface area contributed by atoms with Crippen LogP contribution < -0.4 is 5.43 Å². The molecule has 0 aliphatic carbocycles. The highest BCUT2D eigenvalue weighted by molar-refractivity contribution is 6.30. The second kappa shape index (κ2) is 9.89. The number of ether oxygens (including phenoxy) is 2. The van der Waals surface area contributed by atoms with Crippen LogP contribution in [0.25, 0.3) is 22.1 Å². The summed E-state index contributed by atoms with van der Waals surface area (Å²) in [6.07, 6.45) is 1.44. The van der Waals surface area contributed by atoms with Gasteiger partial charge in [-0.2, -0.15) is 0 Å². The Morgan fingerprint density at radius 3 is 2.31 bits per heavy atom. The first-order valence-electron chi connectivity index (χ1n) is 9.27. The van der Waals surface area contributed by atoms with Gasteiger partial charge < -0.3 is 19.0 Å². The van der Waals surface area contributed by atoms with Gasteiger partial charge in [0, 0.05) is 38.9 Å². The molecule has 1 heterocycles. The molecule has 0 atom stereocenters. The van der Waals surface area contributed by atoms with Gasteiger partial charge in [0.15, 0.2) is 0 Å². The van der Waals surface area contributed by atoms with Crippen molar-refractivity contribution < 1.29 is 19.0 Å². The van der Waals surface area contributed by atoms with Crippen LogP contribution in [0.1, 0.15) is 5.56 Å². The highest BCUT2D eigenvalue weighted by Crippen LogP contribution is 2.29. The average Bonchev–Trinajstić information content (AvgIpc) is 2.72. The summed E-state index contributed by atoms with van der Waals surface area (Å²) in [4.78, 5) is 15.2. The molecule has 0 saturated carbocycles. The molecule has 0 unspecified atom stereocenters. The minimum atomic E-state index is -0.157. The molecule has 1 aromatic heterocycles. The van der Waals surface area contributed by atoms with Crippen molar-refractivity contribution in [1.82, 2.24) is 4.90 Å². The third-order valence-electron chi connectivity index (χ3n) is 4.78. The number of aromatic hydroxyl groups is 1. The Bertz CT molecular complexity index is 1010. The van der Waals surface area contributed by atoms with E-state index in [-0.39, 0.29) is 11.2 Å². The van der Waals surface area contributed by atoms with Crippen molar-refractivity contribution in [2.75, 3.05) is 40.5 Å². The molecule has 0 amide bonds. The molecule has 6 nitrogen and oxygen atoms in total. The van der Waals surface area contributed by atoms with Crippen LogP contribution in [0.2, 0.25) is 5.02 Å². The van der Waals surface area contributed by atoms with Crippen molar-refractivity contribution in [2.45, 2.75) is 6.54 Å². The van der Waals surface area contributed by atoms with Crippen LogP contribution in [0.15, 0.2) is 51.9 Å². The zero-order chi connectivity index (χ0) is 20.8. The monoisotopic (exact) mass is 417 g/mol. The topological polar surface area (TPSA) is 72.1 Å². The number of rotatable bonds is 9. The van der Waals surface area contributed by atoms with E-state index < -0.39 is 0 Å². The first-order valence-corrected chi connectivity index (χ1v) is 9.65. The smallest absolute Gasteiger partial charge is 0.200 e. The van der Waals surface area contributed by atoms with E-state index in [4.69, 9.17) is 25.5 Å². The minimum Gasteiger partial charge on any atom is -0.507 e. The average molecular weight is 418 g/mol. The standard InChI is InChI=1S/C22H24ClNO5/c1-27-11-9-24(10-12-28-2)13-18-20(25)8-7-17-21(26)19(14-29-22(17)18)15-3-5-16(23)6-4-15/h3-8,14,25H,9-13H2,1-2H3. The highest BCUT2D eigenvalue weighted by atomic mass is 35.5. The molecular formula is C22H24ClNO5. The van der Waals surface area contributed by atoms with Gasteiger partial charge in [-0.1, -0.05) is 23.7 Å². The molecule has 0 spiro atoms. The number of fused-ring (bicyclic) bond motifs is 1. The quantitative estimate of drug-likeness (QED) is 0.569. The summed E-state index contributed by atoms with van der Waals surface area (Å²) in [7, 11) is 3.28. The molecule has 0 aliphatic rings. The van der Waals surface area contributed by atoms with Gasteiger partial charge >= 0.3 is 0 Å². The van der Waals surface area contributed by atoms with Gasteiger partial charge in [0.25, 0.3) is 0 Å². The number of hydrogen-bond acceptors (Lipinski definition) is 6. The largest absolute Gasteiger partial charge is 0.507 e. The van der Waals surface area contributed by atoms with Gasteiger partial charge in [-0.25, -0.2) is 0 Å². The number of nitrogens with zero attached hydrogens (tertiary/aromatic N) is 1. The Balaban J connectivity index is 2.01. The Hall–Kier alpha value is -2.38. The lowest BCUT2D eigenvalue weighted by atomic mass is 10.0. The van der Waals surface area contributed by atoms with Crippen molar-refractivity contribution in [2.24, 2.45) is 0 Å². The van der Waals surface area contributed by atoms with Crippen molar-refractivity contribution in [3.05, 3.63) is 63.5 Å². The second-order valence-corrected chi connectivity index (χ2v) is 7.12. The fourth-order valence-electron chi connectivity index (χ4n) is 3.16. The molecule has 0 aliphatic heterocycles. The van der Waals surface area contributed by atoms with Crippen LogP contribution in [-0.4, -0.2) is 50.5 Å². The Morgan fingerprint density at radius 2 is 1.69 bits per heavy atom. The first kappa shape index (κ1) is 21.3. The van der Waals surface area contributed by atoms with E-state index in [1.807, 2.05) is 0 Å². The third-order valence-corrected chi connectivity index (χ3v) is 5.03. The van der Waals surface area contributed by atoms with Crippen molar-refractivity contribution in [1.29, 1.82) is 0 Å². The Kier molecular flexibility index (Phi) is 7.28. The second-order valence-electron chi connectivity index (χ2n) is 6.69. The molecule has 2 aromatic carbocycles. The maximum atomic E-state index is 13.1. The first-order chi connectivity index (χ1) is 14.0. The van der Waals surface area contributed by atoms with Crippen LogP contribution in [0.5, 0.6) is 5.75 Å². The number of phenolic OH excluding ortho intramolecular Hbond substituents is 1. The Morgan fingerprint density at radius 1 is 1.03 bits per heavy atom. The van der Waals surface area contributed by atoms with Gasteiger partial charge in [-0.05, 0) is 29.8 Å². The number of phenols is 1. The number of halogens is 1. The van der Waals surface area contributed by atoms with Crippen LogP contribution >= 0.6 is 11.6 Å². The molecule has 7 heteroatoms. The maximum Gasteiger partial charge on any atom is 0.200 e. The van der Waals surface area contributed by atoms with E-state index in [0.717, 1.165) is 5.56 Å². The predicted molar refractivity (Wildman–Crippen MR) is 114 cm³/mol. The van der Waals surface area contributed by atoms with E-state index in [0.29, 0.717) is 60.0 Å². The lowest BCUT2D eigenvalue weighted by Crippen LogP contribution is -2.30. The predicted octanol–water partition coefficient (Wildman–Crippen LogP) is 3.91. The van der Waals surface area contributed by atoms with Gasteiger partial charge in [0.05, 0.1) is 29.7 Å². The summed E-state index contributed by atoms with van der Waals surface area (Å²) in [6, 6.07) is 10.1. The van der Waals surface area contributed by atoms with Crippen molar-refractivity contribution in [3.63, 3.8) is 0 Å². The van der Waals surface area contributed by atoms with E-state index >= 15 is 0 Å². The lowest BCUT2D eigenvalue weighted by Gasteiger charge is -2.22. The van der Waals surface area contributed by atoms with Gasteiger partial charge in [-0.3, -0.25) is 9.69 Å². The van der Waals surface area contributed by atoms with Crippen molar-refractivity contribution >= 4 is 22.6 Å². The minimum absolute atomic E-state index is 0.0831.